The van der Waals surface area contributed by atoms with Gasteiger partial charge in [-0.1, -0.05) is 50.1 Å². The molecular weight excluding hydrogens is 389 g/mol. The standard InChI is InChI=1S/C15H14Br2FNO/c16-10-3-6-12(14(17)7-10)15(20)13(8-19)9-1-4-11(18)5-2-9/h1-7,13,15,20H,8,19H2. The molecule has 0 saturated carbocycles. The van der Waals surface area contributed by atoms with Crippen molar-refractivity contribution in [2.24, 2.45) is 5.73 Å². The van der Waals surface area contributed by atoms with Crippen molar-refractivity contribution in [2.45, 2.75) is 12.0 Å². The largest absolute Gasteiger partial charge is 0.388 e. The van der Waals surface area contributed by atoms with Crippen molar-refractivity contribution in [1.82, 2.24) is 0 Å². The van der Waals surface area contributed by atoms with Crippen LogP contribution in [0.25, 0.3) is 0 Å². The first kappa shape index (κ1) is 15.6. The maximum absolute atomic E-state index is 13.0. The molecule has 2 atom stereocenters. The van der Waals surface area contributed by atoms with Crippen LogP contribution in [0.3, 0.4) is 0 Å². The van der Waals surface area contributed by atoms with Crippen LogP contribution in [0.1, 0.15) is 23.1 Å². The lowest BCUT2D eigenvalue weighted by atomic mass is 9.89. The van der Waals surface area contributed by atoms with Gasteiger partial charge in [0, 0.05) is 21.4 Å². The number of aliphatic hydroxyl groups is 1. The highest BCUT2D eigenvalue weighted by atomic mass is 79.9. The number of aliphatic hydroxyl groups excluding tert-OH is 1. The molecule has 2 aromatic rings. The summed E-state index contributed by atoms with van der Waals surface area (Å²) in [5, 5.41) is 10.6. The molecular formula is C15H14Br2FNO. The summed E-state index contributed by atoms with van der Waals surface area (Å²) in [5.41, 5.74) is 7.36. The Kier molecular flexibility index (Phi) is 5.32. The van der Waals surface area contributed by atoms with E-state index in [2.05, 4.69) is 31.9 Å². The van der Waals surface area contributed by atoms with E-state index in [-0.39, 0.29) is 18.3 Å². The smallest absolute Gasteiger partial charge is 0.123 e. The second-order valence-corrected chi connectivity index (χ2v) is 6.27. The minimum Gasteiger partial charge on any atom is -0.388 e. The van der Waals surface area contributed by atoms with Gasteiger partial charge in [-0.05, 0) is 35.4 Å². The molecule has 0 heterocycles. The van der Waals surface area contributed by atoms with Gasteiger partial charge in [-0.15, -0.1) is 0 Å². The summed E-state index contributed by atoms with van der Waals surface area (Å²) in [7, 11) is 0. The topological polar surface area (TPSA) is 46.2 Å². The van der Waals surface area contributed by atoms with Gasteiger partial charge in [0.1, 0.15) is 5.82 Å². The average Bonchev–Trinajstić information content (AvgIpc) is 2.41. The molecule has 0 aliphatic heterocycles. The van der Waals surface area contributed by atoms with Crippen molar-refractivity contribution in [3.8, 4) is 0 Å². The highest BCUT2D eigenvalue weighted by molar-refractivity contribution is 9.11. The summed E-state index contributed by atoms with van der Waals surface area (Å²) in [5.74, 6) is -0.586. The van der Waals surface area contributed by atoms with Crippen LogP contribution >= 0.6 is 31.9 Å². The Balaban J connectivity index is 2.33. The fraction of sp³-hybridized carbons (Fsp3) is 0.200. The third-order valence-electron chi connectivity index (χ3n) is 3.21. The molecule has 2 rings (SSSR count). The molecule has 0 aliphatic carbocycles. The predicted octanol–water partition coefficient (Wildman–Crippen LogP) is 4.13. The third-order valence-corrected chi connectivity index (χ3v) is 4.39. The molecule has 5 heteroatoms. The highest BCUT2D eigenvalue weighted by Crippen LogP contribution is 2.35. The number of rotatable bonds is 4. The molecule has 3 N–H and O–H groups in total. The molecule has 0 radical (unpaired) electrons. The van der Waals surface area contributed by atoms with Crippen molar-refractivity contribution >= 4 is 31.9 Å². The Bertz CT molecular complexity index is 589. The third kappa shape index (κ3) is 3.47. The maximum atomic E-state index is 13.0. The molecule has 0 spiro atoms. The molecule has 2 aromatic carbocycles. The zero-order chi connectivity index (χ0) is 14.7. The first-order valence-corrected chi connectivity index (χ1v) is 7.70. The molecule has 0 bridgehead atoms. The van der Waals surface area contributed by atoms with Crippen molar-refractivity contribution in [3.63, 3.8) is 0 Å². The second kappa shape index (κ2) is 6.80. The van der Waals surface area contributed by atoms with E-state index in [0.29, 0.717) is 0 Å². The fourth-order valence-corrected chi connectivity index (χ4v) is 3.40. The van der Waals surface area contributed by atoms with Crippen LogP contribution in [0.4, 0.5) is 4.39 Å². The summed E-state index contributed by atoms with van der Waals surface area (Å²) in [6, 6.07) is 11.6. The van der Waals surface area contributed by atoms with Crippen molar-refractivity contribution in [1.29, 1.82) is 0 Å². The van der Waals surface area contributed by atoms with Crippen molar-refractivity contribution in [2.75, 3.05) is 6.54 Å². The number of hydrogen-bond donors (Lipinski definition) is 2. The van der Waals surface area contributed by atoms with Gasteiger partial charge in [0.25, 0.3) is 0 Å². The molecule has 2 unspecified atom stereocenters. The lowest BCUT2D eigenvalue weighted by Gasteiger charge is -2.23. The summed E-state index contributed by atoms with van der Waals surface area (Å²) in [6.45, 7) is 0.273. The Hall–Kier alpha value is -0.750. The molecule has 20 heavy (non-hydrogen) atoms. The van der Waals surface area contributed by atoms with E-state index >= 15 is 0 Å². The molecule has 2 nitrogen and oxygen atoms in total. The highest BCUT2D eigenvalue weighted by Gasteiger charge is 2.23. The van der Waals surface area contributed by atoms with E-state index in [9.17, 15) is 9.50 Å². The van der Waals surface area contributed by atoms with Gasteiger partial charge in [-0.2, -0.15) is 0 Å². The Morgan fingerprint density at radius 1 is 1.10 bits per heavy atom. The Morgan fingerprint density at radius 3 is 2.30 bits per heavy atom. The average molecular weight is 403 g/mol. The molecule has 106 valence electrons. The SMILES string of the molecule is NCC(c1ccc(F)cc1)C(O)c1ccc(Br)cc1Br. The van der Waals surface area contributed by atoms with Crippen LogP contribution in [0.15, 0.2) is 51.4 Å². The Labute approximate surface area is 134 Å². The van der Waals surface area contributed by atoms with E-state index < -0.39 is 6.10 Å². The second-order valence-electron chi connectivity index (χ2n) is 4.50. The fourth-order valence-electron chi connectivity index (χ4n) is 2.12. The number of nitrogens with two attached hydrogens (primary N) is 1. The maximum Gasteiger partial charge on any atom is 0.123 e. The van der Waals surface area contributed by atoms with Crippen LogP contribution in [0, 0.1) is 5.82 Å². The molecule has 0 aliphatic rings. The summed E-state index contributed by atoms with van der Waals surface area (Å²) >= 11 is 6.81. The zero-order valence-corrected chi connectivity index (χ0v) is 13.7. The van der Waals surface area contributed by atoms with E-state index in [1.54, 1.807) is 12.1 Å². The lowest BCUT2D eigenvalue weighted by Crippen LogP contribution is -2.20. The van der Waals surface area contributed by atoms with Gasteiger partial charge in [-0.25, -0.2) is 4.39 Å². The van der Waals surface area contributed by atoms with Gasteiger partial charge in [-0.3, -0.25) is 0 Å². The van der Waals surface area contributed by atoms with Crippen LogP contribution in [0.5, 0.6) is 0 Å². The zero-order valence-electron chi connectivity index (χ0n) is 10.6. The summed E-state index contributed by atoms with van der Waals surface area (Å²) in [6.07, 6.45) is -0.757. The number of benzene rings is 2. The van der Waals surface area contributed by atoms with Crippen LogP contribution in [-0.2, 0) is 0 Å². The first-order chi connectivity index (χ1) is 9.52. The monoisotopic (exact) mass is 401 g/mol. The molecule has 0 aromatic heterocycles. The van der Waals surface area contributed by atoms with E-state index in [4.69, 9.17) is 5.73 Å². The molecule has 0 fully saturated rings. The van der Waals surface area contributed by atoms with Gasteiger partial charge in [0.2, 0.25) is 0 Å². The first-order valence-electron chi connectivity index (χ1n) is 6.11. The minimum absolute atomic E-state index is 0.273. The number of hydrogen-bond acceptors (Lipinski definition) is 2. The van der Waals surface area contributed by atoms with Crippen LogP contribution in [-0.4, -0.2) is 11.7 Å². The molecule has 0 saturated heterocycles. The normalized spacial score (nSPS) is 14.1. The van der Waals surface area contributed by atoms with Gasteiger partial charge < -0.3 is 10.8 Å². The summed E-state index contributed by atoms with van der Waals surface area (Å²) in [4.78, 5) is 0. The molecule has 0 amide bonds. The van der Waals surface area contributed by atoms with E-state index in [1.165, 1.54) is 12.1 Å². The van der Waals surface area contributed by atoms with Crippen molar-refractivity contribution < 1.29 is 9.50 Å². The predicted molar refractivity (Wildman–Crippen MR) is 85.0 cm³/mol. The Morgan fingerprint density at radius 2 is 1.75 bits per heavy atom. The van der Waals surface area contributed by atoms with Gasteiger partial charge in [0.05, 0.1) is 6.10 Å². The van der Waals surface area contributed by atoms with Gasteiger partial charge >= 0.3 is 0 Å². The minimum atomic E-state index is -0.757. The number of halogens is 3. The lowest BCUT2D eigenvalue weighted by molar-refractivity contribution is 0.146. The van der Waals surface area contributed by atoms with Crippen LogP contribution < -0.4 is 5.73 Å². The van der Waals surface area contributed by atoms with E-state index in [1.807, 2.05) is 18.2 Å². The quantitative estimate of drug-likeness (QED) is 0.807. The van der Waals surface area contributed by atoms with Crippen molar-refractivity contribution in [3.05, 3.63) is 68.4 Å². The summed E-state index contributed by atoms with van der Waals surface area (Å²) < 4.78 is 14.7. The van der Waals surface area contributed by atoms with Crippen LogP contribution in [0.2, 0.25) is 0 Å². The van der Waals surface area contributed by atoms with Gasteiger partial charge in [0.15, 0.2) is 0 Å². The van der Waals surface area contributed by atoms with E-state index in [0.717, 1.165) is 20.1 Å².